The zero-order valence-corrected chi connectivity index (χ0v) is 11.5. The monoisotopic (exact) mass is 244 g/mol. The molecule has 0 aromatic carbocycles. The van der Waals surface area contributed by atoms with E-state index in [1.165, 1.54) is 0 Å². The van der Waals surface area contributed by atoms with Gasteiger partial charge in [-0.3, -0.25) is 4.79 Å². The molecule has 1 fully saturated rings. The second-order valence-corrected chi connectivity index (χ2v) is 6.11. The van der Waals surface area contributed by atoms with E-state index in [9.17, 15) is 4.79 Å². The molecule has 94 valence electrons. The second-order valence-electron chi connectivity index (χ2n) is 4.74. The van der Waals surface area contributed by atoms with Crippen molar-refractivity contribution in [1.29, 1.82) is 0 Å². The van der Waals surface area contributed by atoms with Crippen LogP contribution in [0.15, 0.2) is 0 Å². The minimum atomic E-state index is 0.307. The Labute approximate surface area is 103 Å². The van der Waals surface area contributed by atoms with Crippen LogP contribution < -0.4 is 5.32 Å². The maximum Gasteiger partial charge on any atom is 0.232 e. The molecule has 1 aliphatic heterocycles. The number of hydrogen-bond acceptors (Lipinski definition) is 3. The minimum Gasteiger partial charge on any atom is -0.341 e. The van der Waals surface area contributed by atoms with Gasteiger partial charge in [0, 0.05) is 24.9 Å². The molecule has 1 saturated heterocycles. The fraction of sp³-hybridized carbons (Fsp3) is 0.917. The van der Waals surface area contributed by atoms with Crippen LogP contribution >= 0.6 is 11.8 Å². The first-order valence-corrected chi connectivity index (χ1v) is 7.26. The fourth-order valence-corrected chi connectivity index (χ4v) is 2.55. The number of nitrogens with zero attached hydrogens (tertiary/aromatic N) is 1. The average molecular weight is 244 g/mol. The first-order valence-electron chi connectivity index (χ1n) is 6.21. The molecule has 3 nitrogen and oxygen atoms in total. The highest BCUT2D eigenvalue weighted by molar-refractivity contribution is 8.00. The molecule has 16 heavy (non-hydrogen) atoms. The molecule has 1 heterocycles. The van der Waals surface area contributed by atoms with Crippen molar-refractivity contribution >= 4 is 17.7 Å². The zero-order chi connectivity index (χ0) is 12.0. The molecule has 0 saturated carbocycles. The van der Waals surface area contributed by atoms with Crippen LogP contribution in [0, 0.1) is 5.92 Å². The van der Waals surface area contributed by atoms with E-state index in [4.69, 9.17) is 0 Å². The molecule has 0 aromatic heterocycles. The normalized spacial score (nSPS) is 19.6. The Morgan fingerprint density at radius 1 is 1.31 bits per heavy atom. The highest BCUT2D eigenvalue weighted by Crippen LogP contribution is 2.19. The van der Waals surface area contributed by atoms with Crippen LogP contribution in [0.25, 0.3) is 0 Å². The van der Waals surface area contributed by atoms with Gasteiger partial charge in [-0.2, -0.15) is 0 Å². The average Bonchev–Trinajstić information content (AvgIpc) is 2.53. The summed E-state index contributed by atoms with van der Waals surface area (Å²) in [6.07, 6.45) is 1.08. The summed E-state index contributed by atoms with van der Waals surface area (Å²) in [5.74, 6) is 1.59. The molecule has 1 N–H and O–H groups in total. The van der Waals surface area contributed by atoms with E-state index in [-0.39, 0.29) is 0 Å². The maximum atomic E-state index is 12.0. The number of nitrogens with one attached hydrogen (secondary N) is 1. The van der Waals surface area contributed by atoms with Crippen LogP contribution in [0.5, 0.6) is 0 Å². The lowest BCUT2D eigenvalue weighted by molar-refractivity contribution is -0.128. The SMILES string of the molecule is CC(C)C(C)SCC(=O)N1CCCNCC1. The van der Waals surface area contributed by atoms with E-state index in [1.807, 2.05) is 4.90 Å². The first kappa shape index (κ1) is 13.8. The molecular formula is C12H24N2OS. The van der Waals surface area contributed by atoms with Crippen molar-refractivity contribution in [3.63, 3.8) is 0 Å². The third-order valence-electron chi connectivity index (χ3n) is 3.10. The Kier molecular flexibility index (Phi) is 6.21. The summed E-state index contributed by atoms with van der Waals surface area (Å²) in [5.41, 5.74) is 0. The Morgan fingerprint density at radius 3 is 2.75 bits per heavy atom. The van der Waals surface area contributed by atoms with Crippen molar-refractivity contribution in [2.45, 2.75) is 32.4 Å². The predicted molar refractivity (Wildman–Crippen MR) is 70.8 cm³/mol. The summed E-state index contributed by atoms with van der Waals surface area (Å²) in [6, 6.07) is 0. The van der Waals surface area contributed by atoms with Gasteiger partial charge in [0.2, 0.25) is 5.91 Å². The number of hydrogen-bond donors (Lipinski definition) is 1. The number of amides is 1. The number of thioether (sulfide) groups is 1. The molecule has 1 amide bonds. The van der Waals surface area contributed by atoms with Gasteiger partial charge in [-0.1, -0.05) is 20.8 Å². The summed E-state index contributed by atoms with van der Waals surface area (Å²) in [5, 5.41) is 3.88. The van der Waals surface area contributed by atoms with Crippen LogP contribution in [0.4, 0.5) is 0 Å². The minimum absolute atomic E-state index is 0.307. The van der Waals surface area contributed by atoms with Crippen LogP contribution in [-0.4, -0.2) is 48.0 Å². The summed E-state index contributed by atoms with van der Waals surface area (Å²) in [7, 11) is 0. The van der Waals surface area contributed by atoms with Crippen molar-refractivity contribution in [2.24, 2.45) is 5.92 Å². The Hall–Kier alpha value is -0.220. The van der Waals surface area contributed by atoms with Gasteiger partial charge in [0.15, 0.2) is 0 Å². The molecule has 0 aromatic rings. The van der Waals surface area contributed by atoms with Gasteiger partial charge < -0.3 is 10.2 Å². The van der Waals surface area contributed by atoms with Gasteiger partial charge in [-0.15, -0.1) is 11.8 Å². The van der Waals surface area contributed by atoms with E-state index in [0.29, 0.717) is 22.8 Å². The zero-order valence-electron chi connectivity index (χ0n) is 10.7. The Bertz CT molecular complexity index is 213. The van der Waals surface area contributed by atoms with Gasteiger partial charge in [0.05, 0.1) is 5.75 Å². The van der Waals surface area contributed by atoms with Crippen molar-refractivity contribution < 1.29 is 4.79 Å². The fourth-order valence-electron chi connectivity index (χ4n) is 1.58. The van der Waals surface area contributed by atoms with Gasteiger partial charge in [-0.25, -0.2) is 0 Å². The highest BCUT2D eigenvalue weighted by Gasteiger charge is 2.17. The molecule has 1 rings (SSSR count). The molecule has 4 heteroatoms. The lowest BCUT2D eigenvalue weighted by Gasteiger charge is -2.21. The summed E-state index contributed by atoms with van der Waals surface area (Å²) in [4.78, 5) is 14.0. The van der Waals surface area contributed by atoms with E-state index >= 15 is 0 Å². The van der Waals surface area contributed by atoms with Crippen LogP contribution in [0.1, 0.15) is 27.2 Å². The Morgan fingerprint density at radius 2 is 2.06 bits per heavy atom. The van der Waals surface area contributed by atoms with Crippen molar-refractivity contribution in [2.75, 3.05) is 31.9 Å². The molecule has 1 unspecified atom stereocenters. The largest absolute Gasteiger partial charge is 0.341 e. The van der Waals surface area contributed by atoms with Gasteiger partial charge in [-0.05, 0) is 18.9 Å². The predicted octanol–water partition coefficient (Wildman–Crippen LogP) is 1.59. The van der Waals surface area contributed by atoms with Gasteiger partial charge in [0.25, 0.3) is 0 Å². The van der Waals surface area contributed by atoms with Crippen molar-refractivity contribution in [1.82, 2.24) is 10.2 Å². The molecule has 0 spiro atoms. The van der Waals surface area contributed by atoms with Gasteiger partial charge in [0.1, 0.15) is 0 Å². The molecular weight excluding hydrogens is 220 g/mol. The number of carbonyl (C=O) groups is 1. The lowest BCUT2D eigenvalue weighted by atomic mass is 10.2. The van der Waals surface area contributed by atoms with Crippen molar-refractivity contribution in [3.8, 4) is 0 Å². The molecule has 1 aliphatic rings. The summed E-state index contributed by atoms with van der Waals surface area (Å²) in [6.45, 7) is 10.4. The first-order chi connectivity index (χ1) is 7.61. The molecule has 1 atom stereocenters. The highest BCUT2D eigenvalue weighted by atomic mass is 32.2. The second kappa shape index (κ2) is 7.17. The van der Waals surface area contributed by atoms with Crippen LogP contribution in [0.3, 0.4) is 0 Å². The maximum absolute atomic E-state index is 12.0. The third kappa shape index (κ3) is 4.74. The van der Waals surface area contributed by atoms with Crippen molar-refractivity contribution in [3.05, 3.63) is 0 Å². The topological polar surface area (TPSA) is 32.3 Å². The Balaban J connectivity index is 2.27. The number of rotatable bonds is 4. The lowest BCUT2D eigenvalue weighted by Crippen LogP contribution is -2.35. The number of carbonyl (C=O) groups excluding carboxylic acids is 1. The summed E-state index contributed by atoms with van der Waals surface area (Å²) < 4.78 is 0. The van der Waals surface area contributed by atoms with E-state index < -0.39 is 0 Å². The molecule has 0 aliphatic carbocycles. The smallest absolute Gasteiger partial charge is 0.232 e. The molecule has 0 radical (unpaired) electrons. The standard InChI is InChI=1S/C12H24N2OS/c1-10(2)11(3)16-9-12(15)14-7-4-5-13-6-8-14/h10-11,13H,4-9H2,1-3H3. The van der Waals surface area contributed by atoms with Crippen LogP contribution in [-0.2, 0) is 4.79 Å². The molecule has 0 bridgehead atoms. The van der Waals surface area contributed by atoms with E-state index in [2.05, 4.69) is 26.1 Å². The third-order valence-corrected chi connectivity index (χ3v) is 4.59. The quantitative estimate of drug-likeness (QED) is 0.815. The van der Waals surface area contributed by atoms with Gasteiger partial charge >= 0.3 is 0 Å². The van der Waals surface area contributed by atoms with E-state index in [1.54, 1.807) is 11.8 Å². The summed E-state index contributed by atoms with van der Waals surface area (Å²) >= 11 is 1.78. The van der Waals surface area contributed by atoms with Crippen LogP contribution in [0.2, 0.25) is 0 Å². The van der Waals surface area contributed by atoms with E-state index in [0.717, 1.165) is 32.6 Å².